The van der Waals surface area contributed by atoms with Gasteiger partial charge in [-0.1, -0.05) is 48.6 Å². The van der Waals surface area contributed by atoms with Gasteiger partial charge in [0.15, 0.2) is 0 Å². The van der Waals surface area contributed by atoms with Crippen molar-refractivity contribution in [1.29, 1.82) is 0 Å². The Hall–Kier alpha value is -2.72. The maximum Gasteiger partial charge on any atom is 0.0936 e. The molecule has 0 bridgehead atoms. The van der Waals surface area contributed by atoms with Crippen LogP contribution in [0.2, 0.25) is 0 Å². The van der Waals surface area contributed by atoms with Crippen LogP contribution in [-0.4, -0.2) is 5.21 Å². The van der Waals surface area contributed by atoms with Gasteiger partial charge in [-0.05, 0) is 32.1 Å². The molecule has 0 unspecified atom stereocenters. The Balaban J connectivity index is 2.40. The average Bonchev–Trinajstić information content (AvgIpc) is 2.54. The van der Waals surface area contributed by atoms with Crippen molar-refractivity contribution >= 4 is 22.1 Å². The number of benzene rings is 2. The van der Waals surface area contributed by atoms with Crippen LogP contribution in [0, 0.1) is 0 Å². The standard InChI is InChI=1S/C18H19N3O/c1-4-14(10-9-13(2)3)19-20-17-11-12-18(21-22)16-8-6-5-7-15(16)17/h4-12,21-22H,2H2,1,3H3/b10-9-,14-4+,20-19+. The molecule has 0 amide bonds. The monoisotopic (exact) mass is 293 g/mol. The third-order valence-corrected chi connectivity index (χ3v) is 3.13. The lowest BCUT2D eigenvalue weighted by atomic mass is 10.1. The zero-order chi connectivity index (χ0) is 15.9. The highest BCUT2D eigenvalue weighted by Crippen LogP contribution is 2.32. The van der Waals surface area contributed by atoms with Crippen molar-refractivity contribution in [3.05, 3.63) is 72.5 Å². The lowest BCUT2D eigenvalue weighted by molar-refractivity contribution is 0.390. The summed E-state index contributed by atoms with van der Waals surface area (Å²) < 4.78 is 0. The fourth-order valence-corrected chi connectivity index (χ4v) is 1.99. The molecule has 0 spiro atoms. The van der Waals surface area contributed by atoms with Crippen LogP contribution in [0.25, 0.3) is 10.8 Å². The Morgan fingerprint density at radius 3 is 2.50 bits per heavy atom. The van der Waals surface area contributed by atoms with Crippen molar-refractivity contribution in [2.24, 2.45) is 10.2 Å². The number of fused-ring (bicyclic) bond motifs is 1. The smallest absolute Gasteiger partial charge is 0.0936 e. The molecule has 2 aromatic rings. The quantitative estimate of drug-likeness (QED) is 0.418. The van der Waals surface area contributed by atoms with Gasteiger partial charge in [-0.25, -0.2) is 0 Å². The van der Waals surface area contributed by atoms with E-state index in [1.807, 2.05) is 62.4 Å². The number of allylic oxidation sites excluding steroid dienone is 4. The van der Waals surface area contributed by atoms with Gasteiger partial charge < -0.3 is 0 Å². The van der Waals surface area contributed by atoms with Crippen molar-refractivity contribution in [2.45, 2.75) is 13.8 Å². The molecule has 0 aliphatic carbocycles. The molecule has 0 fully saturated rings. The number of nitrogens with zero attached hydrogens (tertiary/aromatic N) is 2. The van der Waals surface area contributed by atoms with Crippen molar-refractivity contribution in [1.82, 2.24) is 0 Å². The molecule has 0 atom stereocenters. The largest absolute Gasteiger partial charge is 0.291 e. The first-order valence-electron chi connectivity index (χ1n) is 6.99. The van der Waals surface area contributed by atoms with E-state index in [0.717, 1.165) is 27.7 Å². The maximum absolute atomic E-state index is 9.17. The summed E-state index contributed by atoms with van der Waals surface area (Å²) >= 11 is 0. The molecule has 0 aliphatic heterocycles. The Morgan fingerprint density at radius 1 is 1.14 bits per heavy atom. The van der Waals surface area contributed by atoms with Crippen LogP contribution < -0.4 is 5.48 Å². The van der Waals surface area contributed by atoms with E-state index in [4.69, 9.17) is 0 Å². The Bertz CT molecular complexity index is 773. The Labute approximate surface area is 130 Å². The summed E-state index contributed by atoms with van der Waals surface area (Å²) in [5.41, 5.74) is 5.31. The number of azo groups is 1. The zero-order valence-electron chi connectivity index (χ0n) is 12.7. The van der Waals surface area contributed by atoms with Crippen molar-refractivity contribution < 1.29 is 5.21 Å². The van der Waals surface area contributed by atoms with Crippen LogP contribution in [0.5, 0.6) is 0 Å². The average molecular weight is 293 g/mol. The van der Waals surface area contributed by atoms with Crippen LogP contribution in [0.3, 0.4) is 0 Å². The normalized spacial score (nSPS) is 12.4. The van der Waals surface area contributed by atoms with Gasteiger partial charge in [0, 0.05) is 10.8 Å². The second kappa shape index (κ2) is 7.33. The SMILES string of the molecule is C=C(C)\C=C/C(=C\C)/N=N/c1ccc(NO)c2ccccc12. The highest BCUT2D eigenvalue weighted by atomic mass is 16.5. The van der Waals surface area contributed by atoms with Gasteiger partial charge in [0.1, 0.15) is 0 Å². The van der Waals surface area contributed by atoms with Gasteiger partial charge in [0.25, 0.3) is 0 Å². The van der Waals surface area contributed by atoms with Crippen molar-refractivity contribution in [3.63, 3.8) is 0 Å². The summed E-state index contributed by atoms with van der Waals surface area (Å²) in [5, 5.41) is 19.6. The topological polar surface area (TPSA) is 57.0 Å². The number of hydrogen-bond acceptors (Lipinski definition) is 4. The van der Waals surface area contributed by atoms with Gasteiger partial charge in [-0.3, -0.25) is 10.7 Å². The summed E-state index contributed by atoms with van der Waals surface area (Å²) in [6, 6.07) is 11.3. The second-order valence-corrected chi connectivity index (χ2v) is 4.88. The van der Waals surface area contributed by atoms with Gasteiger partial charge in [-0.2, -0.15) is 5.11 Å². The van der Waals surface area contributed by atoms with E-state index in [9.17, 15) is 5.21 Å². The molecule has 0 radical (unpaired) electrons. The predicted molar refractivity (Wildman–Crippen MR) is 91.6 cm³/mol. The molecule has 2 rings (SSSR count). The summed E-state index contributed by atoms with van der Waals surface area (Å²) in [6.07, 6.45) is 5.65. The van der Waals surface area contributed by atoms with Gasteiger partial charge in [-0.15, -0.1) is 5.11 Å². The lowest BCUT2D eigenvalue weighted by Crippen LogP contribution is -1.90. The van der Waals surface area contributed by atoms with E-state index in [0.29, 0.717) is 5.69 Å². The van der Waals surface area contributed by atoms with Gasteiger partial charge in [0.2, 0.25) is 0 Å². The van der Waals surface area contributed by atoms with E-state index in [-0.39, 0.29) is 0 Å². The molecule has 4 nitrogen and oxygen atoms in total. The van der Waals surface area contributed by atoms with E-state index in [1.165, 1.54) is 0 Å². The van der Waals surface area contributed by atoms with Crippen LogP contribution in [0.15, 0.2) is 82.7 Å². The Morgan fingerprint density at radius 2 is 1.86 bits per heavy atom. The first kappa shape index (κ1) is 15.7. The minimum absolute atomic E-state index is 0.642. The molecule has 2 N–H and O–H groups in total. The van der Waals surface area contributed by atoms with Crippen LogP contribution in [-0.2, 0) is 0 Å². The third kappa shape index (κ3) is 3.68. The van der Waals surface area contributed by atoms with Gasteiger partial charge >= 0.3 is 0 Å². The van der Waals surface area contributed by atoms with E-state index < -0.39 is 0 Å². The molecular formula is C18H19N3O. The molecule has 0 heterocycles. The summed E-state index contributed by atoms with van der Waals surface area (Å²) in [4.78, 5) is 0. The first-order chi connectivity index (χ1) is 10.7. The van der Waals surface area contributed by atoms with Crippen molar-refractivity contribution in [2.75, 3.05) is 5.48 Å². The van der Waals surface area contributed by atoms with Crippen LogP contribution in [0.1, 0.15) is 13.8 Å². The van der Waals surface area contributed by atoms with Crippen LogP contribution in [0.4, 0.5) is 11.4 Å². The summed E-state index contributed by atoms with van der Waals surface area (Å²) in [6.45, 7) is 7.66. The number of rotatable bonds is 5. The summed E-state index contributed by atoms with van der Waals surface area (Å²) in [7, 11) is 0. The van der Waals surface area contributed by atoms with Crippen LogP contribution >= 0.6 is 0 Å². The molecular weight excluding hydrogens is 274 g/mol. The number of anilines is 1. The third-order valence-electron chi connectivity index (χ3n) is 3.13. The minimum atomic E-state index is 0.642. The minimum Gasteiger partial charge on any atom is -0.291 e. The summed E-state index contributed by atoms with van der Waals surface area (Å²) in [5.74, 6) is 0. The lowest BCUT2D eigenvalue weighted by Gasteiger charge is -2.06. The van der Waals surface area contributed by atoms with E-state index in [2.05, 4.69) is 22.3 Å². The molecule has 112 valence electrons. The maximum atomic E-state index is 9.17. The molecule has 0 aromatic heterocycles. The zero-order valence-corrected chi connectivity index (χ0v) is 12.7. The first-order valence-corrected chi connectivity index (χ1v) is 6.99. The highest BCUT2D eigenvalue weighted by Gasteiger charge is 2.04. The van der Waals surface area contributed by atoms with E-state index in [1.54, 1.807) is 6.07 Å². The molecule has 0 saturated carbocycles. The molecule has 0 saturated heterocycles. The number of hydrogen-bond donors (Lipinski definition) is 2. The molecule has 4 heteroatoms. The molecule has 2 aromatic carbocycles. The predicted octanol–water partition coefficient (Wildman–Crippen LogP) is 5.76. The van der Waals surface area contributed by atoms with Crippen molar-refractivity contribution in [3.8, 4) is 0 Å². The molecule has 22 heavy (non-hydrogen) atoms. The highest BCUT2D eigenvalue weighted by molar-refractivity contribution is 6.00. The molecule has 0 aliphatic rings. The number of nitrogens with one attached hydrogen (secondary N) is 1. The fourth-order valence-electron chi connectivity index (χ4n) is 1.99. The Kier molecular flexibility index (Phi) is 5.22. The van der Waals surface area contributed by atoms with E-state index >= 15 is 0 Å². The fraction of sp³-hybridized carbons (Fsp3) is 0.111. The van der Waals surface area contributed by atoms with Gasteiger partial charge in [0.05, 0.1) is 17.1 Å². The second-order valence-electron chi connectivity index (χ2n) is 4.88.